The van der Waals surface area contributed by atoms with Gasteiger partial charge in [0.1, 0.15) is 0 Å². The average molecular weight is 449 g/mol. The monoisotopic (exact) mass is 446 g/mol. The van der Waals surface area contributed by atoms with Crippen LogP contribution >= 0.6 is 17.0 Å². The molecule has 1 aliphatic carbocycles. The second-order valence-electron chi connectivity index (χ2n) is 6.07. The molecular formula is C20H18Cl2N2Zr. The Morgan fingerprint density at radius 2 is 1.44 bits per heavy atom. The Bertz CT molecular complexity index is 827. The van der Waals surface area contributed by atoms with Crippen molar-refractivity contribution in [3.63, 3.8) is 0 Å². The van der Waals surface area contributed by atoms with Crippen molar-refractivity contribution < 1.29 is 18.9 Å². The predicted octanol–water partition coefficient (Wildman–Crippen LogP) is 5.53. The van der Waals surface area contributed by atoms with Gasteiger partial charge in [-0.15, -0.1) is 0 Å². The summed E-state index contributed by atoms with van der Waals surface area (Å²) in [6.45, 7) is 4.23. The van der Waals surface area contributed by atoms with Gasteiger partial charge in [0.15, 0.2) is 0 Å². The van der Waals surface area contributed by atoms with Crippen molar-refractivity contribution in [3.05, 3.63) is 90.1 Å². The molecular weight excluding hydrogens is 430 g/mol. The number of aromatic nitrogens is 2. The quantitative estimate of drug-likeness (QED) is 0.615. The minimum absolute atomic E-state index is 0.274. The fourth-order valence-electron chi connectivity index (χ4n) is 3.10. The fraction of sp³-hybridized carbons (Fsp3) is 0.150. The van der Waals surface area contributed by atoms with Crippen molar-refractivity contribution in [2.24, 2.45) is 5.41 Å². The first kappa shape index (κ1) is 18.6. The van der Waals surface area contributed by atoms with Crippen LogP contribution in [0.1, 0.15) is 25.2 Å². The zero-order chi connectivity index (χ0) is 17.9. The predicted molar refractivity (Wildman–Crippen MR) is 103 cm³/mol. The van der Waals surface area contributed by atoms with Crippen LogP contribution in [0, 0.1) is 5.41 Å². The molecule has 3 rings (SSSR count). The number of rotatable bonds is 4. The van der Waals surface area contributed by atoms with Gasteiger partial charge in [-0.3, -0.25) is 0 Å². The molecule has 0 amide bonds. The molecule has 2 aromatic rings. The first-order valence-corrected chi connectivity index (χ1v) is 15.6. The zero-order valence-electron chi connectivity index (χ0n) is 14.1. The van der Waals surface area contributed by atoms with E-state index in [4.69, 9.17) is 17.0 Å². The minimum atomic E-state index is -2.64. The van der Waals surface area contributed by atoms with Crippen molar-refractivity contribution in [3.8, 4) is 0 Å². The van der Waals surface area contributed by atoms with Gasteiger partial charge in [-0.2, -0.15) is 0 Å². The van der Waals surface area contributed by atoms with E-state index in [1.165, 1.54) is 0 Å². The first-order chi connectivity index (χ1) is 12.0. The zero-order valence-corrected chi connectivity index (χ0v) is 18.0. The van der Waals surface area contributed by atoms with E-state index >= 15 is 0 Å². The fourth-order valence-corrected chi connectivity index (χ4v) is 5.65. The van der Waals surface area contributed by atoms with E-state index < -0.39 is 18.9 Å². The Kier molecular flexibility index (Phi) is 5.99. The SMILES string of the molecule is C[C](C(=C(c1ccccn1)c1ccccn1)C1(C)C=CC=C1)=[Zr]([Cl])[Cl]. The van der Waals surface area contributed by atoms with Gasteiger partial charge < -0.3 is 0 Å². The summed E-state index contributed by atoms with van der Waals surface area (Å²) in [5.41, 5.74) is 3.60. The van der Waals surface area contributed by atoms with Crippen LogP contribution in [0.2, 0.25) is 0 Å². The molecule has 0 aromatic carbocycles. The second-order valence-corrected chi connectivity index (χ2v) is 14.8. The Hall–Kier alpha value is -1.15. The molecule has 126 valence electrons. The van der Waals surface area contributed by atoms with Crippen LogP contribution in [0.3, 0.4) is 0 Å². The molecule has 25 heavy (non-hydrogen) atoms. The average Bonchev–Trinajstić information content (AvgIpc) is 3.07. The van der Waals surface area contributed by atoms with E-state index in [9.17, 15) is 0 Å². The molecule has 0 aliphatic heterocycles. The molecule has 2 aromatic heterocycles. The van der Waals surface area contributed by atoms with Crippen LogP contribution in [-0.4, -0.2) is 13.2 Å². The van der Waals surface area contributed by atoms with E-state index in [1.54, 1.807) is 12.4 Å². The third-order valence-electron chi connectivity index (χ3n) is 4.29. The van der Waals surface area contributed by atoms with E-state index in [0.717, 1.165) is 25.7 Å². The molecule has 0 unspecified atom stereocenters. The molecule has 2 nitrogen and oxygen atoms in total. The van der Waals surface area contributed by atoms with Gasteiger partial charge in [-0.25, -0.2) is 0 Å². The molecule has 1 aliphatic rings. The summed E-state index contributed by atoms with van der Waals surface area (Å²) < 4.78 is 1.09. The van der Waals surface area contributed by atoms with Crippen LogP contribution in [0.25, 0.3) is 5.57 Å². The third kappa shape index (κ3) is 4.00. The summed E-state index contributed by atoms with van der Waals surface area (Å²) >= 11 is -2.64. The number of pyridine rings is 2. The number of nitrogens with zero attached hydrogens (tertiary/aromatic N) is 2. The number of hydrogen-bond donors (Lipinski definition) is 0. The Balaban J connectivity index is 2.41. The molecule has 0 bridgehead atoms. The van der Waals surface area contributed by atoms with Crippen molar-refractivity contribution in [1.82, 2.24) is 9.97 Å². The standard InChI is InChI=1S/C20H18N2.2ClH.Zr/c1-3-16(20(2)12-6-7-13-20)19(17-10-4-8-14-21-17)18-11-5-9-15-22-18;;;/h4-15H,1-2H3;2*1H;/q;;;+2/p-2. The van der Waals surface area contributed by atoms with Gasteiger partial charge in [0.05, 0.1) is 0 Å². The van der Waals surface area contributed by atoms with Gasteiger partial charge >= 0.3 is 164 Å². The van der Waals surface area contributed by atoms with Crippen molar-refractivity contribution in [2.45, 2.75) is 13.8 Å². The second kappa shape index (κ2) is 8.04. The number of halogens is 2. The summed E-state index contributed by atoms with van der Waals surface area (Å²) in [7, 11) is 13.0. The van der Waals surface area contributed by atoms with Crippen LogP contribution in [-0.2, 0) is 18.9 Å². The van der Waals surface area contributed by atoms with Crippen LogP contribution in [0.15, 0.2) is 78.7 Å². The molecule has 0 atom stereocenters. The van der Waals surface area contributed by atoms with Gasteiger partial charge in [0, 0.05) is 0 Å². The van der Waals surface area contributed by atoms with Crippen LogP contribution < -0.4 is 0 Å². The summed E-state index contributed by atoms with van der Waals surface area (Å²) in [6, 6.07) is 11.8. The van der Waals surface area contributed by atoms with E-state index in [2.05, 4.69) is 48.1 Å². The van der Waals surface area contributed by atoms with Crippen molar-refractivity contribution in [2.75, 3.05) is 0 Å². The molecule has 2 heterocycles. The first-order valence-electron chi connectivity index (χ1n) is 8.00. The maximum atomic E-state index is 6.48. The normalized spacial score (nSPS) is 14.4. The third-order valence-corrected chi connectivity index (χ3v) is 9.65. The molecule has 0 fully saturated rings. The summed E-state index contributed by atoms with van der Waals surface area (Å²) in [5.74, 6) is 0. The van der Waals surface area contributed by atoms with Crippen molar-refractivity contribution in [1.29, 1.82) is 0 Å². The van der Waals surface area contributed by atoms with Gasteiger partial charge in [0.2, 0.25) is 0 Å². The summed E-state index contributed by atoms with van der Waals surface area (Å²) in [5, 5.41) is 0. The number of hydrogen-bond acceptors (Lipinski definition) is 2. The Morgan fingerprint density at radius 3 is 1.84 bits per heavy atom. The molecule has 5 heteroatoms. The molecule has 0 saturated carbocycles. The molecule has 0 saturated heterocycles. The van der Waals surface area contributed by atoms with E-state index in [1.807, 2.05) is 36.4 Å². The van der Waals surface area contributed by atoms with Gasteiger partial charge in [0.25, 0.3) is 0 Å². The van der Waals surface area contributed by atoms with Gasteiger partial charge in [-0.1, -0.05) is 0 Å². The van der Waals surface area contributed by atoms with E-state index in [-0.39, 0.29) is 5.41 Å². The van der Waals surface area contributed by atoms with E-state index in [0.29, 0.717) is 0 Å². The summed E-state index contributed by atoms with van der Waals surface area (Å²) in [6.07, 6.45) is 12.1. The van der Waals surface area contributed by atoms with Crippen LogP contribution in [0.4, 0.5) is 0 Å². The van der Waals surface area contributed by atoms with Gasteiger partial charge in [-0.05, 0) is 0 Å². The number of allylic oxidation sites excluding steroid dienone is 5. The summed E-state index contributed by atoms with van der Waals surface area (Å²) in [4.78, 5) is 9.19. The van der Waals surface area contributed by atoms with Crippen molar-refractivity contribution >= 4 is 25.8 Å². The molecule has 0 spiro atoms. The van der Waals surface area contributed by atoms with Crippen LogP contribution in [0.5, 0.6) is 0 Å². The topological polar surface area (TPSA) is 25.8 Å². The molecule has 0 radical (unpaired) electrons. The Morgan fingerprint density at radius 1 is 0.920 bits per heavy atom. The Labute approximate surface area is 163 Å². The maximum absolute atomic E-state index is 6.48. The molecule has 0 N–H and O–H groups in total.